The van der Waals surface area contributed by atoms with Crippen LogP contribution in [0.2, 0.25) is 0 Å². The molecular formula is C8H9N3O. The molecule has 4 nitrogen and oxygen atoms in total. The summed E-state index contributed by atoms with van der Waals surface area (Å²) in [7, 11) is 0. The van der Waals surface area contributed by atoms with Crippen LogP contribution in [-0.2, 0) is 0 Å². The second-order valence-corrected chi connectivity index (χ2v) is 2.62. The van der Waals surface area contributed by atoms with E-state index in [0.717, 1.165) is 5.56 Å². The summed E-state index contributed by atoms with van der Waals surface area (Å²) in [5, 5.41) is 3.62. The van der Waals surface area contributed by atoms with Gasteiger partial charge in [0.1, 0.15) is 0 Å². The van der Waals surface area contributed by atoms with Gasteiger partial charge in [0.15, 0.2) is 11.6 Å². The summed E-state index contributed by atoms with van der Waals surface area (Å²) in [4.78, 5) is 4.99. The Hall–Kier alpha value is -1.55. The summed E-state index contributed by atoms with van der Waals surface area (Å²) in [5.41, 5.74) is 12.1. The van der Waals surface area contributed by atoms with E-state index in [1.165, 1.54) is 0 Å². The minimum absolute atomic E-state index is 0.314. The molecule has 4 heteroatoms. The Morgan fingerprint density at radius 2 is 2.08 bits per heavy atom. The topological polar surface area (TPSA) is 73.6 Å². The molecule has 1 atom stereocenters. The van der Waals surface area contributed by atoms with Crippen molar-refractivity contribution in [2.75, 3.05) is 0 Å². The molecule has 0 saturated carbocycles. The lowest BCUT2D eigenvalue weighted by molar-refractivity contribution is 0.324. The normalized spacial score (nSPS) is 20.8. The van der Waals surface area contributed by atoms with Crippen molar-refractivity contribution >= 4 is 5.84 Å². The van der Waals surface area contributed by atoms with Gasteiger partial charge in [-0.05, 0) is 6.07 Å². The number of rotatable bonds is 0. The Bertz CT molecular complexity index is 335. The molecule has 0 bridgehead atoms. The van der Waals surface area contributed by atoms with Gasteiger partial charge in [-0.1, -0.05) is 23.4 Å². The molecule has 0 fully saturated rings. The molecule has 1 aliphatic rings. The highest BCUT2D eigenvalue weighted by Crippen LogP contribution is 2.26. The van der Waals surface area contributed by atoms with E-state index in [1.54, 1.807) is 0 Å². The van der Waals surface area contributed by atoms with Crippen molar-refractivity contribution in [3.05, 3.63) is 29.8 Å². The van der Waals surface area contributed by atoms with E-state index in [1.807, 2.05) is 24.3 Å². The molecule has 4 N–H and O–H groups in total. The minimum atomic E-state index is -0.338. The molecule has 0 aliphatic carbocycles. The number of amidine groups is 1. The van der Waals surface area contributed by atoms with Gasteiger partial charge in [-0.15, -0.1) is 0 Å². The van der Waals surface area contributed by atoms with Gasteiger partial charge in [0.25, 0.3) is 0 Å². The Labute approximate surface area is 69.8 Å². The van der Waals surface area contributed by atoms with E-state index >= 15 is 0 Å². The number of benzene rings is 1. The SMILES string of the molecule is NC1=NOc2ccccc2C1N. The standard InChI is InChI=1S/C8H9N3O/c9-7-5-3-1-2-4-6(5)12-11-8(7)10/h1-4,7H,9H2,(H2,10,11). The highest BCUT2D eigenvalue weighted by atomic mass is 16.6. The molecule has 1 heterocycles. The van der Waals surface area contributed by atoms with Gasteiger partial charge in [-0.25, -0.2) is 0 Å². The van der Waals surface area contributed by atoms with Crippen molar-refractivity contribution in [1.82, 2.24) is 0 Å². The van der Waals surface area contributed by atoms with Crippen molar-refractivity contribution in [2.24, 2.45) is 16.6 Å². The lowest BCUT2D eigenvalue weighted by atomic mass is 10.1. The molecule has 62 valence electrons. The van der Waals surface area contributed by atoms with Gasteiger partial charge in [0.05, 0.1) is 6.04 Å². The number of nitrogens with two attached hydrogens (primary N) is 2. The molecule has 0 spiro atoms. The molecule has 1 aromatic carbocycles. The zero-order valence-electron chi connectivity index (χ0n) is 6.40. The maximum Gasteiger partial charge on any atom is 0.163 e. The van der Waals surface area contributed by atoms with Gasteiger partial charge in [0, 0.05) is 5.56 Å². The Balaban J connectivity index is 2.49. The number of hydrogen-bond donors (Lipinski definition) is 2. The summed E-state index contributed by atoms with van der Waals surface area (Å²) >= 11 is 0. The van der Waals surface area contributed by atoms with E-state index in [4.69, 9.17) is 16.3 Å². The third-order valence-corrected chi connectivity index (χ3v) is 1.82. The van der Waals surface area contributed by atoms with E-state index in [9.17, 15) is 0 Å². The van der Waals surface area contributed by atoms with Crippen LogP contribution < -0.4 is 16.3 Å². The first-order valence-corrected chi connectivity index (χ1v) is 3.64. The van der Waals surface area contributed by atoms with Crippen LogP contribution in [0.1, 0.15) is 11.6 Å². The molecule has 1 aromatic rings. The van der Waals surface area contributed by atoms with Crippen LogP contribution in [-0.4, -0.2) is 5.84 Å². The van der Waals surface area contributed by atoms with Crippen LogP contribution in [0.3, 0.4) is 0 Å². The van der Waals surface area contributed by atoms with Crippen LogP contribution in [0.4, 0.5) is 0 Å². The molecule has 12 heavy (non-hydrogen) atoms. The van der Waals surface area contributed by atoms with Gasteiger partial charge < -0.3 is 16.3 Å². The summed E-state index contributed by atoms with van der Waals surface area (Å²) < 4.78 is 0. The van der Waals surface area contributed by atoms with Crippen molar-refractivity contribution < 1.29 is 4.84 Å². The zero-order chi connectivity index (χ0) is 8.55. The van der Waals surface area contributed by atoms with Crippen LogP contribution in [0.25, 0.3) is 0 Å². The van der Waals surface area contributed by atoms with Gasteiger partial charge in [0.2, 0.25) is 0 Å². The van der Waals surface area contributed by atoms with Crippen LogP contribution in [0, 0.1) is 0 Å². The summed E-state index contributed by atoms with van der Waals surface area (Å²) in [6, 6.07) is 7.10. The number of nitrogens with zero attached hydrogens (tertiary/aromatic N) is 1. The first-order chi connectivity index (χ1) is 5.79. The van der Waals surface area contributed by atoms with Crippen molar-refractivity contribution in [3.63, 3.8) is 0 Å². The first-order valence-electron chi connectivity index (χ1n) is 3.64. The average Bonchev–Trinajstić information content (AvgIpc) is 2.12. The van der Waals surface area contributed by atoms with Crippen molar-refractivity contribution in [1.29, 1.82) is 0 Å². The fourth-order valence-electron chi connectivity index (χ4n) is 1.14. The number of fused-ring (bicyclic) bond motifs is 1. The van der Waals surface area contributed by atoms with Gasteiger partial charge in [-0.2, -0.15) is 0 Å². The van der Waals surface area contributed by atoms with Gasteiger partial charge >= 0.3 is 0 Å². The van der Waals surface area contributed by atoms with E-state index < -0.39 is 0 Å². The van der Waals surface area contributed by atoms with Crippen LogP contribution in [0.15, 0.2) is 29.4 Å². The summed E-state index contributed by atoms with van der Waals surface area (Å²) in [6.07, 6.45) is 0. The Morgan fingerprint density at radius 3 is 2.92 bits per heavy atom. The second kappa shape index (κ2) is 2.49. The molecular weight excluding hydrogens is 154 g/mol. The smallest absolute Gasteiger partial charge is 0.163 e. The van der Waals surface area contributed by atoms with Crippen molar-refractivity contribution in [2.45, 2.75) is 6.04 Å². The molecule has 1 unspecified atom stereocenters. The molecule has 2 rings (SSSR count). The fraction of sp³-hybridized carbons (Fsp3) is 0.125. The van der Waals surface area contributed by atoms with E-state index in [2.05, 4.69) is 5.16 Å². The first kappa shape index (κ1) is 7.12. The van der Waals surface area contributed by atoms with E-state index in [0.29, 0.717) is 11.6 Å². The molecule has 0 radical (unpaired) electrons. The average molecular weight is 163 g/mol. The van der Waals surface area contributed by atoms with Crippen LogP contribution >= 0.6 is 0 Å². The predicted octanol–water partition coefficient (Wildman–Crippen LogP) is 0.351. The van der Waals surface area contributed by atoms with Crippen LogP contribution in [0.5, 0.6) is 5.75 Å². The zero-order valence-corrected chi connectivity index (χ0v) is 6.40. The number of para-hydroxylation sites is 1. The maximum atomic E-state index is 5.75. The predicted molar refractivity (Wildman–Crippen MR) is 45.6 cm³/mol. The number of hydrogen-bond acceptors (Lipinski definition) is 4. The highest BCUT2D eigenvalue weighted by molar-refractivity contribution is 5.88. The summed E-state index contributed by atoms with van der Waals surface area (Å²) in [6.45, 7) is 0. The quantitative estimate of drug-likeness (QED) is 0.579. The summed E-state index contributed by atoms with van der Waals surface area (Å²) in [5.74, 6) is 0.993. The monoisotopic (exact) mass is 163 g/mol. The molecule has 0 amide bonds. The number of oxime groups is 1. The highest BCUT2D eigenvalue weighted by Gasteiger charge is 2.20. The van der Waals surface area contributed by atoms with Crippen molar-refractivity contribution in [3.8, 4) is 5.75 Å². The third kappa shape index (κ3) is 0.931. The minimum Gasteiger partial charge on any atom is -0.383 e. The Kier molecular flexibility index (Phi) is 1.48. The van der Waals surface area contributed by atoms with E-state index in [-0.39, 0.29) is 6.04 Å². The lowest BCUT2D eigenvalue weighted by Crippen LogP contribution is -2.32. The maximum absolute atomic E-state index is 5.75. The van der Waals surface area contributed by atoms with Gasteiger partial charge in [-0.3, -0.25) is 0 Å². The fourth-order valence-corrected chi connectivity index (χ4v) is 1.14. The molecule has 1 aliphatic heterocycles. The Morgan fingerprint density at radius 1 is 1.33 bits per heavy atom. The second-order valence-electron chi connectivity index (χ2n) is 2.62. The molecule has 0 aromatic heterocycles. The lowest BCUT2D eigenvalue weighted by Gasteiger charge is -2.18. The third-order valence-electron chi connectivity index (χ3n) is 1.82. The molecule has 0 saturated heterocycles. The largest absolute Gasteiger partial charge is 0.383 e.